The maximum atomic E-state index is 14.2. The van der Waals surface area contributed by atoms with E-state index >= 15 is 0 Å². The number of carbonyl (C=O) groups excluding carboxylic acids is 2. The highest BCUT2D eigenvalue weighted by Gasteiger charge is 2.51. The summed E-state index contributed by atoms with van der Waals surface area (Å²) in [5, 5.41) is -0.0598. The van der Waals surface area contributed by atoms with Gasteiger partial charge in [-0.3, -0.25) is 4.79 Å². The molecule has 0 aromatic heterocycles. The lowest BCUT2D eigenvalue weighted by Gasteiger charge is -2.48. The van der Waals surface area contributed by atoms with E-state index in [2.05, 4.69) is 192 Å². The van der Waals surface area contributed by atoms with Crippen LogP contribution in [0, 0.1) is 0 Å². The molecule has 16 heteroatoms. The second-order valence-corrected chi connectivity index (χ2v) is 53.2. The molecule has 13 nitrogen and oxygen atoms in total. The van der Waals surface area contributed by atoms with E-state index in [1.807, 2.05) is 48.5 Å². The van der Waals surface area contributed by atoms with Gasteiger partial charge in [-0.25, -0.2) is 4.79 Å². The van der Waals surface area contributed by atoms with Gasteiger partial charge in [-0.1, -0.05) is 115 Å². The largest absolute Gasteiger partial charge is 0.459 e. The van der Waals surface area contributed by atoms with E-state index in [-0.39, 0.29) is 62.5 Å². The fourth-order valence-corrected chi connectivity index (χ4v) is 17.1. The zero-order valence-electron chi connectivity index (χ0n) is 64.0. The molecule has 0 fully saturated rings. The smallest absolute Gasteiger partial charge is 0.332 e. The molecule has 0 aliphatic heterocycles. The van der Waals surface area contributed by atoms with Crippen molar-refractivity contribution in [2.75, 3.05) is 59.5 Å². The van der Waals surface area contributed by atoms with Gasteiger partial charge in [0.1, 0.15) is 17.8 Å². The maximum Gasteiger partial charge on any atom is 0.332 e. The lowest BCUT2D eigenvalue weighted by molar-refractivity contribution is -0.180. The molecule has 1 atom stereocenters. The average molecular weight is 1290 g/mol. The summed E-state index contributed by atoms with van der Waals surface area (Å²) in [5.41, 5.74) is -4.61. The standard InChI is InChI=1S/C71H146O13Si3/c1-36-70(42-46-74-56(3)4,43-51-75-62(14,15)39-48-79-67(24,25)85(30,31)59(5,6)7)84-58(73)55-82-65(20,21)38-47-78-66(22,23)54-57(72)83-71(37-2,44-52-76-63(16,17)40-49-80-68(26,27)86(32,33)60(8,9)10)45-53-77-64(18,19)41-50-81-69(28,29)87(34,35)61(11,12)13/h56H,36-55H2,1-35H3. The van der Waals surface area contributed by atoms with E-state index in [0.717, 1.165) is 19.3 Å². The highest BCUT2D eigenvalue weighted by Crippen LogP contribution is 2.47. The van der Waals surface area contributed by atoms with Crippen molar-refractivity contribution in [3.8, 4) is 0 Å². The van der Waals surface area contributed by atoms with Crippen molar-refractivity contribution in [3.05, 3.63) is 0 Å². The Morgan fingerprint density at radius 3 is 0.839 bits per heavy atom. The monoisotopic (exact) mass is 1290 g/mol. The third-order valence-corrected chi connectivity index (χ3v) is 42.8. The summed E-state index contributed by atoms with van der Waals surface area (Å²) >= 11 is 0. The van der Waals surface area contributed by atoms with Gasteiger partial charge in [-0.15, -0.1) is 0 Å². The predicted octanol–water partition coefficient (Wildman–Crippen LogP) is 18.8. The summed E-state index contributed by atoms with van der Waals surface area (Å²) < 4.78 is 71.5. The molecule has 0 N–H and O–H groups in total. The normalized spacial score (nSPS) is 15.5. The Kier molecular flexibility index (Phi) is 32.8. The van der Waals surface area contributed by atoms with Crippen molar-refractivity contribution in [2.45, 2.75) is 387 Å². The molecule has 0 radical (unpaired) electrons. The fourth-order valence-electron chi connectivity index (χ4n) is 10.3. The van der Waals surface area contributed by atoms with Crippen LogP contribution in [0.15, 0.2) is 0 Å². The van der Waals surface area contributed by atoms with Crippen LogP contribution >= 0.6 is 0 Å². The fraction of sp³-hybridized carbons (Fsp3) is 0.972. The van der Waals surface area contributed by atoms with Gasteiger partial charge in [-0.05, 0) is 178 Å². The molecule has 0 rings (SSSR count). The first-order valence-electron chi connectivity index (χ1n) is 33.9. The summed E-state index contributed by atoms with van der Waals surface area (Å²) in [6, 6.07) is 0. The van der Waals surface area contributed by atoms with E-state index in [0.29, 0.717) is 91.2 Å². The van der Waals surface area contributed by atoms with Crippen LogP contribution in [0.2, 0.25) is 54.4 Å². The Balaban J connectivity index is 6.09. The third kappa shape index (κ3) is 28.8. The summed E-state index contributed by atoms with van der Waals surface area (Å²) in [5.74, 6) is -0.782. The van der Waals surface area contributed by atoms with Crippen molar-refractivity contribution >= 4 is 36.2 Å². The van der Waals surface area contributed by atoms with Crippen molar-refractivity contribution in [3.63, 3.8) is 0 Å². The van der Waals surface area contributed by atoms with Crippen LogP contribution < -0.4 is 0 Å². The molecule has 1 unspecified atom stereocenters. The molecule has 0 amide bonds. The number of carbonyl (C=O) groups is 2. The zero-order chi connectivity index (χ0) is 68.7. The maximum absolute atomic E-state index is 14.2. The van der Waals surface area contributed by atoms with E-state index in [9.17, 15) is 9.59 Å². The molecule has 0 saturated carbocycles. The molecule has 0 bridgehead atoms. The van der Waals surface area contributed by atoms with Gasteiger partial charge in [0.05, 0.1) is 113 Å². The van der Waals surface area contributed by atoms with E-state index < -0.39 is 69.4 Å². The molecule has 0 heterocycles. The molecule has 0 saturated heterocycles. The first-order valence-corrected chi connectivity index (χ1v) is 42.9. The quantitative estimate of drug-likeness (QED) is 0.0423. The first kappa shape index (κ1) is 86.2. The van der Waals surface area contributed by atoms with Gasteiger partial charge in [0.15, 0.2) is 0 Å². The molecule has 0 aliphatic carbocycles. The molecular weight excluding hydrogens is 1150 g/mol. The Bertz CT molecular complexity index is 1960. The van der Waals surface area contributed by atoms with Gasteiger partial charge in [0, 0.05) is 45.5 Å². The second kappa shape index (κ2) is 33.1. The summed E-state index contributed by atoms with van der Waals surface area (Å²) in [6.07, 6.45) is 5.97. The predicted molar refractivity (Wildman–Crippen MR) is 373 cm³/mol. The van der Waals surface area contributed by atoms with Crippen LogP contribution in [0.5, 0.6) is 0 Å². The Morgan fingerprint density at radius 1 is 0.322 bits per heavy atom. The molecule has 0 spiro atoms. The number of ether oxygens (including phenoxy) is 11. The minimum Gasteiger partial charge on any atom is -0.459 e. The number of hydrogen-bond donors (Lipinski definition) is 0. The summed E-state index contributed by atoms with van der Waals surface area (Å²) in [6.45, 7) is 80.9. The van der Waals surface area contributed by atoms with Crippen molar-refractivity contribution in [1.82, 2.24) is 0 Å². The molecule has 0 aromatic carbocycles. The minimum absolute atomic E-state index is 0.0352. The van der Waals surface area contributed by atoms with Crippen LogP contribution in [0.4, 0.5) is 0 Å². The molecule has 520 valence electrons. The summed E-state index contributed by atoms with van der Waals surface area (Å²) in [7, 11) is -5.36. The van der Waals surface area contributed by atoms with E-state index in [1.165, 1.54) is 0 Å². The van der Waals surface area contributed by atoms with Gasteiger partial charge >= 0.3 is 11.9 Å². The molecule has 0 aliphatic rings. The SMILES string of the molecule is CCC(CCOC(C)C)(CCOC(C)(C)CCOC(C)(C)[Si](C)(C)C(C)(C)C)OC(=O)COC(C)(C)CCOC(C)(C)CC(=O)OC(CC)(CCOC(C)(C)CCOC(C)(C)[Si](C)(C)C(C)(C)C)CCOC(C)(C)CCOC(C)(C)[Si](C)(C)C(C)(C)C. The number of rotatable bonds is 44. The van der Waals surface area contributed by atoms with E-state index in [4.69, 9.17) is 52.1 Å². The van der Waals surface area contributed by atoms with E-state index in [1.54, 1.807) is 0 Å². The van der Waals surface area contributed by atoms with Gasteiger partial charge in [0.2, 0.25) is 0 Å². The number of esters is 2. The van der Waals surface area contributed by atoms with Crippen molar-refractivity contribution in [1.29, 1.82) is 0 Å². The van der Waals surface area contributed by atoms with Crippen molar-refractivity contribution in [2.24, 2.45) is 0 Å². The van der Waals surface area contributed by atoms with Crippen LogP contribution in [0.1, 0.15) is 271 Å². The van der Waals surface area contributed by atoms with Crippen LogP contribution in [0.3, 0.4) is 0 Å². The highest BCUT2D eigenvalue weighted by atomic mass is 28.3. The average Bonchev–Trinajstić information content (AvgIpc) is 3.53. The third-order valence-electron chi connectivity index (χ3n) is 22.1. The highest BCUT2D eigenvalue weighted by molar-refractivity contribution is 6.83. The van der Waals surface area contributed by atoms with Gasteiger partial charge in [-0.2, -0.15) is 0 Å². The lowest BCUT2D eigenvalue weighted by Crippen LogP contribution is -2.58. The Labute approximate surface area is 541 Å². The molecule has 0 aromatic rings. The van der Waals surface area contributed by atoms with Gasteiger partial charge in [0.25, 0.3) is 0 Å². The molecule has 87 heavy (non-hydrogen) atoms. The minimum atomic E-state index is -1.80. The topological polar surface area (TPSA) is 136 Å². The van der Waals surface area contributed by atoms with Crippen LogP contribution in [-0.2, 0) is 61.7 Å². The second-order valence-electron chi connectivity index (χ2n) is 35.3. The van der Waals surface area contributed by atoms with Gasteiger partial charge < -0.3 is 52.1 Å². The Morgan fingerprint density at radius 2 is 0.563 bits per heavy atom. The lowest BCUT2D eigenvalue weighted by atomic mass is 9.92. The first-order chi connectivity index (χ1) is 38.7. The number of hydrogen-bond acceptors (Lipinski definition) is 13. The van der Waals surface area contributed by atoms with Crippen LogP contribution in [0.25, 0.3) is 0 Å². The molecular formula is C71H146O13Si3. The van der Waals surface area contributed by atoms with Crippen LogP contribution in [-0.4, -0.2) is 157 Å². The zero-order valence-corrected chi connectivity index (χ0v) is 67.0. The van der Waals surface area contributed by atoms with Crippen molar-refractivity contribution < 1.29 is 61.7 Å². The summed E-state index contributed by atoms with van der Waals surface area (Å²) in [4.78, 5) is 28.0. The Hall–Kier alpha value is -0.769.